The molecular formula is C19H16F3N3O3. The molecule has 1 saturated heterocycles. The van der Waals surface area contributed by atoms with E-state index in [1.54, 1.807) is 18.2 Å². The van der Waals surface area contributed by atoms with Gasteiger partial charge in [0.2, 0.25) is 0 Å². The average Bonchev–Trinajstić information content (AvgIpc) is 3.30. The van der Waals surface area contributed by atoms with Crippen molar-refractivity contribution in [2.45, 2.75) is 25.3 Å². The third-order valence-corrected chi connectivity index (χ3v) is 4.34. The van der Waals surface area contributed by atoms with E-state index in [0.717, 1.165) is 48.4 Å². The Balaban J connectivity index is 1.47. The summed E-state index contributed by atoms with van der Waals surface area (Å²) in [7, 11) is 0. The smallest absolute Gasteiger partial charge is 0.406 e. The number of imidazole rings is 1. The number of rotatable bonds is 4. The predicted octanol–water partition coefficient (Wildman–Crippen LogP) is 4.57. The zero-order valence-corrected chi connectivity index (χ0v) is 14.5. The number of fused-ring (bicyclic) bond motifs is 1. The van der Waals surface area contributed by atoms with Crippen LogP contribution in [0, 0.1) is 0 Å². The van der Waals surface area contributed by atoms with E-state index >= 15 is 0 Å². The lowest BCUT2D eigenvalue weighted by Gasteiger charge is -2.09. The number of aromatic nitrogens is 2. The summed E-state index contributed by atoms with van der Waals surface area (Å²) in [5, 5.41) is 2.72. The summed E-state index contributed by atoms with van der Waals surface area (Å²) in [6.45, 7) is 0.718. The van der Waals surface area contributed by atoms with E-state index in [0.29, 0.717) is 5.69 Å². The van der Waals surface area contributed by atoms with Crippen LogP contribution in [0.25, 0.3) is 11.0 Å². The van der Waals surface area contributed by atoms with Gasteiger partial charge in [-0.25, -0.2) is 4.98 Å². The second kappa shape index (κ2) is 7.16. The number of carbonyl (C=O) groups is 1. The fourth-order valence-corrected chi connectivity index (χ4v) is 3.06. The molecule has 0 bridgehead atoms. The highest BCUT2D eigenvalue weighted by molar-refractivity contribution is 6.05. The molecule has 1 aliphatic heterocycles. The van der Waals surface area contributed by atoms with Gasteiger partial charge in [0.15, 0.2) is 0 Å². The molecule has 1 amide bonds. The van der Waals surface area contributed by atoms with Crippen molar-refractivity contribution in [1.29, 1.82) is 0 Å². The molecule has 1 aliphatic rings. The topological polar surface area (TPSA) is 76.2 Å². The highest BCUT2D eigenvalue weighted by Gasteiger charge is 2.31. The van der Waals surface area contributed by atoms with Gasteiger partial charge in [0.05, 0.1) is 11.0 Å². The minimum Gasteiger partial charge on any atom is -0.406 e. The number of amides is 1. The fraction of sp³-hybridized carbons (Fsp3) is 0.263. The summed E-state index contributed by atoms with van der Waals surface area (Å²) in [4.78, 5) is 20.1. The lowest BCUT2D eigenvalue weighted by Crippen LogP contribution is -2.17. The number of aromatic amines is 1. The fourth-order valence-electron chi connectivity index (χ4n) is 3.06. The SMILES string of the molecule is O=C(Nc1ccc2nc(C3CCCO3)[nH]c2c1)c1ccc(OC(F)(F)F)cc1. The molecule has 1 unspecified atom stereocenters. The van der Waals surface area contributed by atoms with Crippen LogP contribution < -0.4 is 10.1 Å². The van der Waals surface area contributed by atoms with Crippen molar-refractivity contribution in [2.24, 2.45) is 0 Å². The first-order chi connectivity index (χ1) is 13.4. The van der Waals surface area contributed by atoms with E-state index in [1.165, 1.54) is 12.1 Å². The Morgan fingerprint density at radius 2 is 2.00 bits per heavy atom. The number of nitrogens with one attached hydrogen (secondary N) is 2. The van der Waals surface area contributed by atoms with Crippen molar-refractivity contribution < 1.29 is 27.4 Å². The van der Waals surface area contributed by atoms with Crippen LogP contribution in [0.5, 0.6) is 5.75 Å². The zero-order valence-electron chi connectivity index (χ0n) is 14.5. The largest absolute Gasteiger partial charge is 0.573 e. The molecule has 4 rings (SSSR count). The average molecular weight is 391 g/mol. The van der Waals surface area contributed by atoms with Gasteiger partial charge in [-0.15, -0.1) is 13.2 Å². The number of anilines is 1. The molecule has 146 valence electrons. The van der Waals surface area contributed by atoms with Gasteiger partial charge in [-0.1, -0.05) is 0 Å². The number of halogens is 3. The number of ether oxygens (including phenoxy) is 2. The van der Waals surface area contributed by atoms with Crippen molar-refractivity contribution in [1.82, 2.24) is 9.97 Å². The number of benzene rings is 2. The van der Waals surface area contributed by atoms with Gasteiger partial charge in [0, 0.05) is 17.9 Å². The van der Waals surface area contributed by atoms with Gasteiger partial charge in [-0.3, -0.25) is 4.79 Å². The van der Waals surface area contributed by atoms with Crippen molar-refractivity contribution in [3.05, 3.63) is 53.9 Å². The van der Waals surface area contributed by atoms with Gasteiger partial charge >= 0.3 is 6.36 Å². The maximum Gasteiger partial charge on any atom is 0.573 e. The van der Waals surface area contributed by atoms with Gasteiger partial charge in [-0.05, 0) is 55.3 Å². The molecule has 28 heavy (non-hydrogen) atoms. The number of hydrogen-bond donors (Lipinski definition) is 2. The van der Waals surface area contributed by atoms with Crippen molar-refractivity contribution in [3.63, 3.8) is 0 Å². The van der Waals surface area contributed by atoms with Crippen LogP contribution in [0.3, 0.4) is 0 Å². The normalized spacial score (nSPS) is 17.0. The highest BCUT2D eigenvalue weighted by Crippen LogP contribution is 2.29. The van der Waals surface area contributed by atoms with Crippen LogP contribution in [0.2, 0.25) is 0 Å². The zero-order chi connectivity index (χ0) is 19.7. The van der Waals surface area contributed by atoms with E-state index in [9.17, 15) is 18.0 Å². The van der Waals surface area contributed by atoms with Gasteiger partial charge < -0.3 is 19.8 Å². The molecule has 1 aromatic heterocycles. The summed E-state index contributed by atoms with van der Waals surface area (Å²) in [6, 6.07) is 9.95. The number of alkyl halides is 3. The maximum atomic E-state index is 12.3. The summed E-state index contributed by atoms with van der Waals surface area (Å²) in [6.07, 6.45) is -2.90. The molecule has 0 aliphatic carbocycles. The van der Waals surface area contributed by atoms with Gasteiger partial charge in [0.25, 0.3) is 5.91 Å². The minimum absolute atomic E-state index is 0.0390. The summed E-state index contributed by atoms with van der Waals surface area (Å²) in [5.41, 5.74) is 2.27. The summed E-state index contributed by atoms with van der Waals surface area (Å²) in [5.74, 6) is -0.0717. The molecule has 9 heteroatoms. The van der Waals surface area contributed by atoms with Gasteiger partial charge in [-0.2, -0.15) is 0 Å². The van der Waals surface area contributed by atoms with Gasteiger partial charge in [0.1, 0.15) is 17.7 Å². The van der Waals surface area contributed by atoms with Crippen LogP contribution in [0.15, 0.2) is 42.5 Å². The molecule has 2 aromatic carbocycles. The second-order valence-corrected chi connectivity index (χ2v) is 6.38. The summed E-state index contributed by atoms with van der Waals surface area (Å²) >= 11 is 0. The quantitative estimate of drug-likeness (QED) is 0.683. The first-order valence-corrected chi connectivity index (χ1v) is 8.66. The van der Waals surface area contributed by atoms with Crippen molar-refractivity contribution in [2.75, 3.05) is 11.9 Å². The number of nitrogens with zero attached hydrogens (tertiary/aromatic N) is 1. The number of carbonyl (C=O) groups excluding carboxylic acids is 1. The molecule has 0 radical (unpaired) electrons. The monoisotopic (exact) mass is 391 g/mol. The Morgan fingerprint density at radius 3 is 2.68 bits per heavy atom. The van der Waals surface area contributed by atoms with E-state index in [-0.39, 0.29) is 17.4 Å². The van der Waals surface area contributed by atoms with Crippen LogP contribution in [-0.4, -0.2) is 28.8 Å². The Bertz CT molecular complexity index is 993. The summed E-state index contributed by atoms with van der Waals surface area (Å²) < 4.78 is 46.0. The first kappa shape index (κ1) is 18.3. The second-order valence-electron chi connectivity index (χ2n) is 6.38. The molecule has 6 nitrogen and oxygen atoms in total. The third kappa shape index (κ3) is 4.09. The Morgan fingerprint density at radius 1 is 1.21 bits per heavy atom. The molecule has 2 N–H and O–H groups in total. The maximum absolute atomic E-state index is 12.3. The van der Waals surface area contributed by atoms with Crippen LogP contribution >= 0.6 is 0 Å². The minimum atomic E-state index is -4.77. The van der Waals surface area contributed by atoms with Crippen molar-refractivity contribution >= 4 is 22.6 Å². The Kier molecular flexibility index (Phi) is 4.68. The molecule has 0 spiro atoms. The lowest BCUT2D eigenvalue weighted by molar-refractivity contribution is -0.274. The van der Waals surface area contributed by atoms with E-state index in [2.05, 4.69) is 20.0 Å². The highest BCUT2D eigenvalue weighted by atomic mass is 19.4. The van der Waals surface area contributed by atoms with Crippen molar-refractivity contribution in [3.8, 4) is 5.75 Å². The van der Waals surface area contributed by atoms with Crippen LogP contribution in [-0.2, 0) is 4.74 Å². The van der Waals surface area contributed by atoms with E-state index in [4.69, 9.17) is 4.74 Å². The Labute approximate surface area is 157 Å². The number of H-pyrrole nitrogens is 1. The lowest BCUT2D eigenvalue weighted by atomic mass is 10.2. The molecule has 1 fully saturated rings. The molecule has 3 aromatic rings. The molecule has 1 atom stereocenters. The van der Waals surface area contributed by atoms with E-state index < -0.39 is 12.3 Å². The first-order valence-electron chi connectivity index (χ1n) is 8.66. The molecule has 2 heterocycles. The Hall–Kier alpha value is -3.07. The molecular weight excluding hydrogens is 375 g/mol. The predicted molar refractivity (Wildman–Crippen MR) is 95.1 cm³/mol. The molecule has 0 saturated carbocycles. The van der Waals surface area contributed by atoms with Crippen LogP contribution in [0.4, 0.5) is 18.9 Å². The standard InChI is InChI=1S/C19H16F3N3O3/c20-19(21,22)28-13-6-3-11(4-7-13)18(26)23-12-5-8-14-15(10-12)25-17(24-14)16-2-1-9-27-16/h3-8,10,16H,1-2,9H2,(H,23,26)(H,24,25). The van der Waals surface area contributed by atoms with E-state index in [1.807, 2.05) is 0 Å². The third-order valence-electron chi connectivity index (χ3n) is 4.34. The number of hydrogen-bond acceptors (Lipinski definition) is 4. The van der Waals surface area contributed by atoms with Crippen LogP contribution in [0.1, 0.15) is 35.1 Å².